The summed E-state index contributed by atoms with van der Waals surface area (Å²) in [5.74, 6) is 0. The molecule has 0 atom stereocenters. The highest BCUT2D eigenvalue weighted by atomic mass is 14.6. The maximum atomic E-state index is 4.46. The van der Waals surface area contributed by atoms with Gasteiger partial charge in [0.05, 0.1) is 5.52 Å². The molecule has 0 saturated carbocycles. The third-order valence-corrected chi connectivity index (χ3v) is 2.77. The minimum Gasteiger partial charge on any atom is -0.256 e. The fourth-order valence-corrected chi connectivity index (χ4v) is 1.93. The van der Waals surface area contributed by atoms with Crippen molar-refractivity contribution in [2.24, 2.45) is 0 Å². The number of aromatic nitrogens is 1. The van der Waals surface area contributed by atoms with Gasteiger partial charge in [-0.15, -0.1) is 0 Å². The first-order chi connectivity index (χ1) is 7.42. The number of benzene rings is 1. The van der Waals surface area contributed by atoms with Crippen LogP contribution in [0.2, 0.25) is 0 Å². The molecule has 0 aliphatic rings. The van der Waals surface area contributed by atoms with E-state index in [0.717, 1.165) is 6.42 Å². The van der Waals surface area contributed by atoms with Gasteiger partial charge in [0.25, 0.3) is 0 Å². The lowest BCUT2D eigenvalue weighted by Gasteiger charge is -2.04. The molecular formula is C14H17N. The molecule has 15 heavy (non-hydrogen) atoms. The molecule has 1 nitrogen and oxygen atoms in total. The van der Waals surface area contributed by atoms with Gasteiger partial charge < -0.3 is 0 Å². The van der Waals surface area contributed by atoms with Crippen LogP contribution in [0.15, 0.2) is 36.5 Å². The van der Waals surface area contributed by atoms with Gasteiger partial charge in [-0.3, -0.25) is 4.98 Å². The SMILES string of the molecule is CCCCCc1cccc2cccnc12. The van der Waals surface area contributed by atoms with Crippen LogP contribution < -0.4 is 0 Å². The Morgan fingerprint density at radius 3 is 2.80 bits per heavy atom. The van der Waals surface area contributed by atoms with Gasteiger partial charge in [-0.05, 0) is 24.5 Å². The number of hydrogen-bond donors (Lipinski definition) is 0. The second kappa shape index (κ2) is 4.92. The van der Waals surface area contributed by atoms with Crippen LogP contribution >= 0.6 is 0 Å². The molecule has 0 N–H and O–H groups in total. The topological polar surface area (TPSA) is 12.9 Å². The Morgan fingerprint density at radius 1 is 1.07 bits per heavy atom. The molecule has 0 fully saturated rings. The fraction of sp³-hybridized carbons (Fsp3) is 0.357. The molecule has 0 aliphatic carbocycles. The van der Waals surface area contributed by atoms with Crippen molar-refractivity contribution in [2.75, 3.05) is 0 Å². The molecule has 2 aromatic rings. The molecule has 1 aromatic carbocycles. The highest BCUT2D eigenvalue weighted by Gasteiger charge is 2.00. The summed E-state index contributed by atoms with van der Waals surface area (Å²) in [7, 11) is 0. The van der Waals surface area contributed by atoms with Crippen LogP contribution in [0, 0.1) is 0 Å². The Kier molecular flexibility index (Phi) is 3.33. The average Bonchev–Trinajstić information content (AvgIpc) is 2.30. The van der Waals surface area contributed by atoms with Crippen molar-refractivity contribution in [1.29, 1.82) is 0 Å². The summed E-state index contributed by atoms with van der Waals surface area (Å²) in [6.45, 7) is 2.24. The van der Waals surface area contributed by atoms with E-state index in [2.05, 4.69) is 36.2 Å². The third-order valence-electron chi connectivity index (χ3n) is 2.77. The summed E-state index contributed by atoms with van der Waals surface area (Å²) in [5.41, 5.74) is 2.57. The molecule has 2 rings (SSSR count). The Balaban J connectivity index is 2.26. The summed E-state index contributed by atoms with van der Waals surface area (Å²) in [6.07, 6.45) is 6.89. The minimum atomic E-state index is 1.15. The van der Waals surface area contributed by atoms with Gasteiger partial charge in [0, 0.05) is 11.6 Å². The van der Waals surface area contributed by atoms with Crippen LogP contribution in [-0.4, -0.2) is 4.98 Å². The molecule has 1 heteroatoms. The Hall–Kier alpha value is -1.37. The van der Waals surface area contributed by atoms with Gasteiger partial charge in [-0.1, -0.05) is 44.0 Å². The summed E-state index contributed by atoms with van der Waals surface area (Å²) < 4.78 is 0. The van der Waals surface area contributed by atoms with Gasteiger partial charge in [0.2, 0.25) is 0 Å². The van der Waals surface area contributed by atoms with Crippen molar-refractivity contribution in [3.8, 4) is 0 Å². The predicted octanol–water partition coefficient (Wildman–Crippen LogP) is 3.97. The normalized spacial score (nSPS) is 10.7. The second-order valence-corrected chi connectivity index (χ2v) is 3.95. The molecule has 0 amide bonds. The number of nitrogens with zero attached hydrogens (tertiary/aromatic N) is 1. The first-order valence-corrected chi connectivity index (χ1v) is 5.74. The molecule has 0 bridgehead atoms. The van der Waals surface area contributed by atoms with Gasteiger partial charge >= 0.3 is 0 Å². The number of unbranched alkanes of at least 4 members (excludes halogenated alkanes) is 2. The minimum absolute atomic E-state index is 1.15. The number of rotatable bonds is 4. The molecule has 0 aliphatic heterocycles. The zero-order chi connectivity index (χ0) is 10.5. The van der Waals surface area contributed by atoms with Crippen molar-refractivity contribution in [3.63, 3.8) is 0 Å². The molecule has 1 aromatic heterocycles. The summed E-state index contributed by atoms with van der Waals surface area (Å²) in [5, 5.41) is 1.26. The predicted molar refractivity (Wildman–Crippen MR) is 65.0 cm³/mol. The summed E-state index contributed by atoms with van der Waals surface area (Å²) in [6, 6.07) is 10.6. The molecule has 0 spiro atoms. The standard InChI is InChI=1S/C14H17N/c1-2-3-4-7-12-8-5-9-13-10-6-11-15-14(12)13/h5-6,8-11H,2-4,7H2,1H3. The number of aryl methyl sites for hydroxylation is 1. The van der Waals surface area contributed by atoms with Crippen molar-refractivity contribution in [2.45, 2.75) is 32.6 Å². The fourth-order valence-electron chi connectivity index (χ4n) is 1.93. The molecule has 0 unspecified atom stereocenters. The van der Waals surface area contributed by atoms with E-state index in [4.69, 9.17) is 0 Å². The average molecular weight is 199 g/mol. The lowest BCUT2D eigenvalue weighted by Crippen LogP contribution is -1.89. The zero-order valence-electron chi connectivity index (χ0n) is 9.24. The van der Waals surface area contributed by atoms with Crippen molar-refractivity contribution in [1.82, 2.24) is 4.98 Å². The number of fused-ring (bicyclic) bond motifs is 1. The monoisotopic (exact) mass is 199 g/mol. The van der Waals surface area contributed by atoms with Crippen molar-refractivity contribution in [3.05, 3.63) is 42.1 Å². The Bertz CT molecular complexity index is 429. The molecule has 78 valence electrons. The van der Waals surface area contributed by atoms with E-state index in [-0.39, 0.29) is 0 Å². The summed E-state index contributed by atoms with van der Waals surface area (Å²) >= 11 is 0. The van der Waals surface area contributed by atoms with Crippen molar-refractivity contribution < 1.29 is 0 Å². The van der Waals surface area contributed by atoms with Crippen LogP contribution in [0.3, 0.4) is 0 Å². The highest BCUT2D eigenvalue weighted by Crippen LogP contribution is 2.17. The van der Waals surface area contributed by atoms with E-state index < -0.39 is 0 Å². The number of para-hydroxylation sites is 1. The third kappa shape index (κ3) is 2.35. The van der Waals surface area contributed by atoms with Gasteiger partial charge in [0.15, 0.2) is 0 Å². The first-order valence-electron chi connectivity index (χ1n) is 5.74. The van der Waals surface area contributed by atoms with E-state index in [0.29, 0.717) is 0 Å². The van der Waals surface area contributed by atoms with E-state index >= 15 is 0 Å². The lowest BCUT2D eigenvalue weighted by atomic mass is 10.0. The van der Waals surface area contributed by atoms with E-state index in [1.807, 2.05) is 12.3 Å². The number of hydrogen-bond acceptors (Lipinski definition) is 1. The summed E-state index contributed by atoms with van der Waals surface area (Å²) in [4.78, 5) is 4.46. The first kappa shape index (κ1) is 10.2. The van der Waals surface area contributed by atoms with Gasteiger partial charge in [-0.25, -0.2) is 0 Å². The maximum Gasteiger partial charge on any atom is 0.0733 e. The van der Waals surface area contributed by atoms with Gasteiger partial charge in [-0.2, -0.15) is 0 Å². The van der Waals surface area contributed by atoms with Crippen molar-refractivity contribution >= 4 is 10.9 Å². The smallest absolute Gasteiger partial charge is 0.0733 e. The molecular weight excluding hydrogens is 182 g/mol. The molecule has 1 heterocycles. The largest absolute Gasteiger partial charge is 0.256 e. The van der Waals surface area contributed by atoms with E-state index in [1.54, 1.807) is 0 Å². The molecule has 0 radical (unpaired) electrons. The molecule has 0 saturated heterocycles. The quantitative estimate of drug-likeness (QED) is 0.679. The van der Waals surface area contributed by atoms with Gasteiger partial charge in [0.1, 0.15) is 0 Å². The zero-order valence-corrected chi connectivity index (χ0v) is 9.24. The highest BCUT2D eigenvalue weighted by molar-refractivity contribution is 5.81. The Morgan fingerprint density at radius 2 is 1.93 bits per heavy atom. The van der Waals surface area contributed by atoms with E-state index in [9.17, 15) is 0 Å². The lowest BCUT2D eigenvalue weighted by molar-refractivity contribution is 0.719. The van der Waals surface area contributed by atoms with Crippen LogP contribution in [0.25, 0.3) is 10.9 Å². The van der Waals surface area contributed by atoms with Crippen LogP contribution in [0.4, 0.5) is 0 Å². The van der Waals surface area contributed by atoms with Crippen LogP contribution in [-0.2, 0) is 6.42 Å². The second-order valence-electron chi connectivity index (χ2n) is 3.95. The maximum absolute atomic E-state index is 4.46. The van der Waals surface area contributed by atoms with Crippen LogP contribution in [0.5, 0.6) is 0 Å². The number of pyridine rings is 1. The Labute approximate surface area is 91.2 Å². The van der Waals surface area contributed by atoms with E-state index in [1.165, 1.54) is 35.7 Å². The van der Waals surface area contributed by atoms with Crippen LogP contribution in [0.1, 0.15) is 31.7 Å².